The van der Waals surface area contributed by atoms with Crippen LogP contribution in [0.5, 0.6) is 40.2 Å². The van der Waals surface area contributed by atoms with Crippen LogP contribution in [0.3, 0.4) is 0 Å². The summed E-state index contributed by atoms with van der Waals surface area (Å²) in [4.78, 5) is 137. The summed E-state index contributed by atoms with van der Waals surface area (Å²) in [6.45, 7) is 8.75. The highest BCUT2D eigenvalue weighted by Gasteiger charge is 2.84. The van der Waals surface area contributed by atoms with E-state index in [0.29, 0.717) is 42.7 Å². The second kappa shape index (κ2) is 38.0. The van der Waals surface area contributed by atoms with Crippen LogP contribution < -0.4 is 83.6 Å². The van der Waals surface area contributed by atoms with Crippen molar-refractivity contribution in [3.8, 4) is 51.4 Å². The average molecular weight is 1840 g/mol. The quantitative estimate of drug-likeness (QED) is 0.0306. The Bertz CT molecular complexity index is 5380. The number of fused-ring (bicyclic) bond motifs is 16. The third-order valence-electron chi connectivity index (χ3n) is 26.4. The number of aromatic hydroxyl groups is 1. The van der Waals surface area contributed by atoms with Crippen molar-refractivity contribution in [1.82, 2.24) is 47.9 Å². The number of aliphatic hydroxyl groups excluding tert-OH is 6. The molecular formula is C90H108Cl2N12O26. The highest BCUT2D eigenvalue weighted by atomic mass is 35.5. The second-order valence-corrected chi connectivity index (χ2v) is 36.4. The standard InChI is InChI=1S/C90H108Cl2N12O26/c1-8-18-123-36-42-9-13-46(29-61(42)124-19-17-95-6)97-87(120)100-65(108)32-57-82(116)102-70-43-24-62(77(130-86-78(76(112)75(111)64(35-105)128-86)129-67-34-88(5,94)79(113)38(4)125-67)63(25-43)127-60-16-12-41(23-55(60)92)74(110)73(85(119)98-57)104-81(115)56(96-7)20-37(2)3)126-59-15-11-39(22-54(59)91)58(107)33-66(109)99-71(84(118)103-72-52-27-44-26-45-28-53(72)89(44,45)52)49-30-47(106)31-51-68(49)48-21-40(10-14-50(48)90(51,121)122)69(80(93)114)101-83(70)117/h9-16,21-25,29-31,37-38,44-45,52-53,56-58,64,67,69-76,78-79,86,95-96,105-107,110-113,121-122H,8,17-20,26-28,32-36,94H2,1-7H3,(H2,93,114)(H,98,119)(H,99,109)(H,101,117)(H,102,116)(H,103,118)(H,104,115)(H2,97,100,108,120). The maximum absolute atomic E-state index is 16.5. The monoisotopic (exact) mass is 1840 g/mol. The third-order valence-corrected chi connectivity index (χ3v) is 27.0. The van der Waals surface area contributed by atoms with Gasteiger partial charge in [0.1, 0.15) is 84.2 Å². The molecular weight excluding hydrogens is 1740 g/mol. The number of hydrogen-bond acceptors (Lipinski definition) is 29. The Morgan fingerprint density at radius 2 is 1.42 bits per heavy atom. The minimum absolute atomic E-state index is 0.0516. The van der Waals surface area contributed by atoms with Crippen molar-refractivity contribution < 1.29 is 127 Å². The van der Waals surface area contributed by atoms with Crippen molar-refractivity contribution in [1.29, 1.82) is 0 Å². The maximum atomic E-state index is 16.5. The van der Waals surface area contributed by atoms with E-state index in [9.17, 15) is 69.9 Å². The SMILES string of the molecule is CCCOCc1ccc(NC(=O)NC(=O)CC2NC(=O)C(NC(=O)C(CC(C)C)NC)C(O)c3ccc(c(Cl)c3)Oc3cc4cc(c3OC3OC(CO)C(O)C(O)C3OC3CC(C)(N)C(O)C(C)O3)Oc3ccc(cc3Cl)C(O)CC(=O)NC(C(=O)NC3C5CC6CC7CC3C675)c3cc(O)cc5c3-c3cc(ccc3C5(O)O)C(C(N)=O)NC(=O)C4NC2=O)cc1OCCNC. The molecule has 40 heteroatoms. The number of urea groups is 1. The molecule has 6 aliphatic heterocycles. The van der Waals surface area contributed by atoms with Crippen LogP contribution in [-0.2, 0) is 69.7 Å². The Kier molecular flexibility index (Phi) is 27.5. The predicted octanol–water partition coefficient (Wildman–Crippen LogP) is 3.04. The van der Waals surface area contributed by atoms with Gasteiger partial charge in [0, 0.05) is 59.6 Å². The number of halogens is 2. The number of rotatable bonds is 24. The van der Waals surface area contributed by atoms with Gasteiger partial charge in [-0.15, -0.1) is 0 Å². The fourth-order valence-electron chi connectivity index (χ4n) is 19.9. The number of primary amides is 1. The molecule has 698 valence electrons. The topological polar surface area (TPSA) is 582 Å². The molecule has 1 spiro atoms. The number of aliphatic hydroxyl groups is 8. The fraction of sp³-hybridized carbons (Fsp3) is 0.500. The first-order chi connectivity index (χ1) is 61.8. The van der Waals surface area contributed by atoms with Crippen molar-refractivity contribution in [2.24, 2.45) is 46.5 Å². The molecule has 38 nitrogen and oxygen atoms in total. The number of nitrogens with two attached hydrogens (primary N) is 2. The molecule has 21 atom stereocenters. The third kappa shape index (κ3) is 18.4. The van der Waals surface area contributed by atoms with E-state index in [1.807, 2.05) is 20.8 Å². The molecule has 5 aliphatic carbocycles. The van der Waals surface area contributed by atoms with Crippen molar-refractivity contribution in [3.05, 3.63) is 152 Å². The molecule has 6 heterocycles. The molecule has 11 aliphatic rings. The van der Waals surface area contributed by atoms with Crippen LogP contribution in [0.4, 0.5) is 10.5 Å². The molecule has 9 bridgehead atoms. The number of carbonyl (C=O) groups is 9. The number of anilines is 1. The fourth-order valence-corrected chi connectivity index (χ4v) is 20.4. The number of phenolic OH excluding ortho intramolecular Hbond substituents is 1. The minimum atomic E-state index is -3.03. The van der Waals surface area contributed by atoms with E-state index in [4.69, 9.17) is 72.6 Å². The lowest BCUT2D eigenvalue weighted by atomic mass is 9.17. The zero-order valence-electron chi connectivity index (χ0n) is 72.0. The number of carbonyl (C=O) groups excluding carboxylic acids is 9. The average Bonchev–Trinajstić information content (AvgIpc) is 1.05. The van der Waals surface area contributed by atoms with Crippen molar-refractivity contribution in [2.75, 3.05) is 45.8 Å². The Balaban J connectivity index is 0.898. The highest BCUT2D eigenvalue weighted by Crippen LogP contribution is 2.87. The molecule has 10 amide bonds. The molecule has 6 aromatic rings. The van der Waals surface area contributed by atoms with E-state index in [1.54, 1.807) is 13.1 Å². The van der Waals surface area contributed by atoms with Crippen LogP contribution in [-0.4, -0.2) is 219 Å². The van der Waals surface area contributed by atoms with Crippen molar-refractivity contribution >= 4 is 82.2 Å². The summed E-state index contributed by atoms with van der Waals surface area (Å²) >= 11 is 14.5. The largest absolute Gasteiger partial charge is 0.508 e. The molecule has 6 fully saturated rings. The van der Waals surface area contributed by atoms with E-state index in [0.717, 1.165) is 55.7 Å². The Morgan fingerprint density at radius 1 is 0.731 bits per heavy atom. The van der Waals surface area contributed by atoms with Crippen LogP contribution >= 0.6 is 23.2 Å². The molecule has 6 aromatic carbocycles. The molecule has 17 rings (SSSR count). The lowest BCUT2D eigenvalue weighted by Gasteiger charge is -2.88. The number of benzene rings is 6. The first-order valence-corrected chi connectivity index (χ1v) is 44.0. The van der Waals surface area contributed by atoms with Gasteiger partial charge in [-0.2, -0.15) is 0 Å². The molecule has 23 N–H and O–H groups in total. The summed E-state index contributed by atoms with van der Waals surface area (Å²) in [5.74, 6) is -14.4. The molecule has 21 unspecified atom stereocenters. The Labute approximate surface area is 756 Å². The van der Waals surface area contributed by atoms with Gasteiger partial charge in [0.25, 0.3) is 0 Å². The van der Waals surface area contributed by atoms with E-state index in [2.05, 4.69) is 53.2 Å². The number of hydrogen-bond donors (Lipinski definition) is 21. The number of nitrogens with one attached hydrogen (secondary N) is 10. The van der Waals surface area contributed by atoms with Crippen LogP contribution in [0.25, 0.3) is 11.1 Å². The molecule has 0 radical (unpaired) electrons. The van der Waals surface area contributed by atoms with Gasteiger partial charge < -0.3 is 143 Å². The number of imide groups is 1. The van der Waals surface area contributed by atoms with Crippen LogP contribution in [0, 0.1) is 35.0 Å². The normalized spacial score (nSPS) is 30.6. The Morgan fingerprint density at radius 3 is 2.05 bits per heavy atom. The number of ether oxygens (including phenoxy) is 8. The maximum Gasteiger partial charge on any atom is 0.325 e. The zero-order chi connectivity index (χ0) is 93.2. The molecule has 0 aromatic heterocycles. The van der Waals surface area contributed by atoms with Crippen LogP contribution in [0.2, 0.25) is 10.0 Å². The van der Waals surface area contributed by atoms with E-state index in [-0.39, 0.29) is 116 Å². The van der Waals surface area contributed by atoms with Gasteiger partial charge in [-0.05, 0) is 195 Å². The second-order valence-electron chi connectivity index (χ2n) is 35.6. The summed E-state index contributed by atoms with van der Waals surface area (Å²) < 4.78 is 50.9. The van der Waals surface area contributed by atoms with E-state index >= 15 is 19.2 Å². The molecule has 130 heavy (non-hydrogen) atoms. The van der Waals surface area contributed by atoms with Gasteiger partial charge in [-0.3, -0.25) is 43.7 Å². The predicted molar refractivity (Wildman–Crippen MR) is 461 cm³/mol. The smallest absolute Gasteiger partial charge is 0.325 e. The van der Waals surface area contributed by atoms with E-state index in [1.165, 1.54) is 75.5 Å². The summed E-state index contributed by atoms with van der Waals surface area (Å²) in [6, 6.07) is 6.25. The van der Waals surface area contributed by atoms with Crippen molar-refractivity contribution in [3.63, 3.8) is 0 Å². The lowest BCUT2D eigenvalue weighted by Crippen LogP contribution is -2.88. The summed E-state index contributed by atoms with van der Waals surface area (Å²) in [7, 11) is 3.20. The number of phenols is 1. The highest BCUT2D eigenvalue weighted by molar-refractivity contribution is 6.32. The summed E-state index contributed by atoms with van der Waals surface area (Å²) in [5.41, 5.74) is 10.1. The van der Waals surface area contributed by atoms with Gasteiger partial charge in [0.15, 0.2) is 23.9 Å². The Hall–Kier alpha value is -10.5. The van der Waals surface area contributed by atoms with E-state index < -0.39 is 221 Å². The lowest BCUT2D eigenvalue weighted by molar-refractivity contribution is -0.390. The van der Waals surface area contributed by atoms with Crippen molar-refractivity contribution in [2.45, 2.75) is 208 Å². The molecule has 2 saturated heterocycles. The van der Waals surface area contributed by atoms with Gasteiger partial charge in [0.2, 0.25) is 65.1 Å². The first kappa shape index (κ1) is 94.2. The molecule has 4 saturated carbocycles. The summed E-state index contributed by atoms with van der Waals surface area (Å²) in [5, 5.41) is 133. The van der Waals surface area contributed by atoms with Crippen LogP contribution in [0.1, 0.15) is 161 Å². The van der Waals surface area contributed by atoms with Gasteiger partial charge >= 0.3 is 6.03 Å². The van der Waals surface area contributed by atoms with Gasteiger partial charge in [0.05, 0.1) is 60.5 Å². The number of likely N-dealkylation sites (N-methyl/N-ethyl adjacent to an activating group) is 2. The summed E-state index contributed by atoms with van der Waals surface area (Å²) in [6.07, 6.45) is -15.9. The number of amides is 10. The van der Waals surface area contributed by atoms with Crippen LogP contribution in [0.15, 0.2) is 97.1 Å². The minimum Gasteiger partial charge on any atom is -0.508 e. The first-order valence-electron chi connectivity index (χ1n) is 43.2. The zero-order valence-corrected chi connectivity index (χ0v) is 73.5. The van der Waals surface area contributed by atoms with Gasteiger partial charge in [-0.25, -0.2) is 4.79 Å². The van der Waals surface area contributed by atoms with Gasteiger partial charge in [-0.1, -0.05) is 74.3 Å².